The number of likely N-dealkylation sites (tertiary alicyclic amines) is 1. The van der Waals surface area contributed by atoms with Crippen molar-refractivity contribution in [1.82, 2.24) is 19.9 Å². The van der Waals surface area contributed by atoms with Crippen LogP contribution in [0.3, 0.4) is 0 Å². The number of rotatable bonds is 4. The van der Waals surface area contributed by atoms with E-state index in [0.717, 1.165) is 12.4 Å². The molecule has 122 valence electrons. The Kier molecular flexibility index (Phi) is 4.17. The molecule has 0 bridgehead atoms. The summed E-state index contributed by atoms with van der Waals surface area (Å²) in [5, 5.41) is 0. The summed E-state index contributed by atoms with van der Waals surface area (Å²) in [6.45, 7) is 5.45. The fourth-order valence-electron chi connectivity index (χ4n) is 3.24. The zero-order chi connectivity index (χ0) is 16.6. The highest BCUT2D eigenvalue weighted by molar-refractivity contribution is 5.33. The molecule has 1 aromatic heterocycles. The largest absolute Gasteiger partial charge is 0.368 e. The Morgan fingerprint density at radius 2 is 1.87 bits per heavy atom. The number of nitrogens with zero attached hydrogens (tertiary/aromatic N) is 5. The molecule has 2 aromatic rings. The van der Waals surface area contributed by atoms with Crippen LogP contribution in [0.5, 0.6) is 0 Å². The van der Waals surface area contributed by atoms with Gasteiger partial charge in [-0.3, -0.25) is 4.90 Å². The number of nitrogens with two attached hydrogens (primary N) is 1. The van der Waals surface area contributed by atoms with Gasteiger partial charge in [0.25, 0.3) is 0 Å². The first-order valence-corrected chi connectivity index (χ1v) is 7.97. The molecule has 6 nitrogen and oxygen atoms in total. The van der Waals surface area contributed by atoms with E-state index < -0.39 is 0 Å². The van der Waals surface area contributed by atoms with Gasteiger partial charge in [0.15, 0.2) is 5.82 Å². The molecule has 1 aromatic carbocycles. The molecule has 0 amide bonds. The van der Waals surface area contributed by atoms with E-state index in [0.29, 0.717) is 17.9 Å². The van der Waals surface area contributed by atoms with Gasteiger partial charge in [-0.2, -0.15) is 15.0 Å². The minimum Gasteiger partial charge on any atom is -0.368 e. The van der Waals surface area contributed by atoms with Gasteiger partial charge in [0, 0.05) is 26.7 Å². The molecule has 0 spiro atoms. The fraction of sp³-hybridized carbons (Fsp3) is 0.471. The van der Waals surface area contributed by atoms with Crippen molar-refractivity contribution >= 4 is 11.9 Å². The number of aromatic nitrogens is 3. The first-order chi connectivity index (χ1) is 11.0. The zero-order valence-corrected chi connectivity index (χ0v) is 14.1. The molecule has 0 aliphatic carbocycles. The lowest BCUT2D eigenvalue weighted by Crippen LogP contribution is -2.49. The van der Waals surface area contributed by atoms with Crippen LogP contribution in [0, 0.1) is 5.92 Å². The Morgan fingerprint density at radius 1 is 1.17 bits per heavy atom. The summed E-state index contributed by atoms with van der Waals surface area (Å²) in [6.07, 6.45) is 0. The molecule has 2 N–H and O–H groups in total. The van der Waals surface area contributed by atoms with Crippen LogP contribution in [-0.2, 0) is 0 Å². The predicted molar refractivity (Wildman–Crippen MR) is 92.0 cm³/mol. The van der Waals surface area contributed by atoms with Crippen molar-refractivity contribution < 1.29 is 0 Å². The predicted octanol–water partition coefficient (Wildman–Crippen LogP) is 2.27. The van der Waals surface area contributed by atoms with Crippen LogP contribution in [0.1, 0.15) is 37.3 Å². The monoisotopic (exact) mass is 312 g/mol. The van der Waals surface area contributed by atoms with Crippen molar-refractivity contribution in [2.45, 2.75) is 25.9 Å². The molecule has 3 atom stereocenters. The average molecular weight is 312 g/mol. The van der Waals surface area contributed by atoms with Gasteiger partial charge in [-0.05, 0) is 18.4 Å². The summed E-state index contributed by atoms with van der Waals surface area (Å²) in [7, 11) is 3.81. The fourth-order valence-corrected chi connectivity index (χ4v) is 3.24. The van der Waals surface area contributed by atoms with Gasteiger partial charge < -0.3 is 10.6 Å². The third-order valence-electron chi connectivity index (χ3n) is 4.47. The lowest BCUT2D eigenvalue weighted by molar-refractivity contribution is -0.0139. The molecular weight excluding hydrogens is 288 g/mol. The second-order valence-electron chi connectivity index (χ2n) is 6.45. The molecule has 0 saturated carbocycles. The van der Waals surface area contributed by atoms with E-state index in [1.54, 1.807) is 0 Å². The number of hydrogen-bond donors (Lipinski definition) is 1. The molecule has 2 heterocycles. The number of benzene rings is 1. The molecule has 1 saturated heterocycles. The summed E-state index contributed by atoms with van der Waals surface area (Å²) >= 11 is 0. The second-order valence-corrected chi connectivity index (χ2v) is 6.45. The van der Waals surface area contributed by atoms with Crippen LogP contribution in [0.2, 0.25) is 0 Å². The van der Waals surface area contributed by atoms with Gasteiger partial charge in [-0.25, -0.2) is 0 Å². The van der Waals surface area contributed by atoms with Gasteiger partial charge in [-0.1, -0.05) is 37.3 Å². The minimum atomic E-state index is 0.0976. The third kappa shape index (κ3) is 2.99. The van der Waals surface area contributed by atoms with Crippen molar-refractivity contribution in [3.63, 3.8) is 0 Å². The highest BCUT2D eigenvalue weighted by Crippen LogP contribution is 2.43. The van der Waals surface area contributed by atoms with Crippen LogP contribution in [0.15, 0.2) is 30.3 Å². The molecule has 6 heteroatoms. The lowest BCUT2D eigenvalue weighted by Gasteiger charge is -2.49. The first kappa shape index (κ1) is 15.7. The Morgan fingerprint density at radius 3 is 2.48 bits per heavy atom. The molecule has 3 unspecified atom stereocenters. The Hall–Kier alpha value is -2.21. The van der Waals surface area contributed by atoms with Crippen molar-refractivity contribution in [2.24, 2.45) is 5.92 Å². The van der Waals surface area contributed by atoms with Gasteiger partial charge in [0.2, 0.25) is 11.9 Å². The standard InChI is InChI=1S/C17H24N6/c1-11-10-23(14(11)13-8-6-5-7-9-13)12(2)15-19-16(18)21-17(20-15)22(3)4/h5-9,11-12,14H,10H2,1-4H3,(H2,18,19,20,21). The SMILES string of the molecule is CC1CN(C(C)c2nc(N)nc(N(C)C)n2)C1c1ccccc1. The molecule has 1 fully saturated rings. The summed E-state index contributed by atoms with van der Waals surface area (Å²) in [5.41, 5.74) is 7.20. The van der Waals surface area contributed by atoms with Crippen LogP contribution in [0.25, 0.3) is 0 Å². The van der Waals surface area contributed by atoms with Crippen molar-refractivity contribution in [3.8, 4) is 0 Å². The minimum absolute atomic E-state index is 0.0976. The van der Waals surface area contributed by atoms with E-state index in [9.17, 15) is 0 Å². The Balaban J connectivity index is 1.87. The highest BCUT2D eigenvalue weighted by atomic mass is 15.3. The van der Waals surface area contributed by atoms with E-state index in [1.165, 1.54) is 5.56 Å². The van der Waals surface area contributed by atoms with E-state index in [1.807, 2.05) is 19.0 Å². The Bertz CT molecular complexity index is 672. The average Bonchev–Trinajstić information content (AvgIpc) is 2.52. The normalized spacial score (nSPS) is 22.4. The Labute approximate surface area is 137 Å². The highest BCUT2D eigenvalue weighted by Gasteiger charge is 2.40. The van der Waals surface area contributed by atoms with E-state index in [2.05, 4.69) is 64.0 Å². The van der Waals surface area contributed by atoms with E-state index in [4.69, 9.17) is 5.73 Å². The maximum atomic E-state index is 5.86. The molecule has 1 aliphatic rings. The lowest BCUT2D eigenvalue weighted by atomic mass is 9.83. The van der Waals surface area contributed by atoms with Crippen molar-refractivity contribution in [2.75, 3.05) is 31.3 Å². The summed E-state index contributed by atoms with van der Waals surface area (Å²) in [5.74, 6) is 2.22. The maximum Gasteiger partial charge on any atom is 0.229 e. The molecule has 23 heavy (non-hydrogen) atoms. The van der Waals surface area contributed by atoms with Gasteiger partial charge in [0.1, 0.15) is 0 Å². The van der Waals surface area contributed by atoms with Crippen LogP contribution < -0.4 is 10.6 Å². The molecular formula is C17H24N6. The number of nitrogen functional groups attached to an aromatic ring is 1. The van der Waals surface area contributed by atoms with Crippen LogP contribution in [0.4, 0.5) is 11.9 Å². The smallest absolute Gasteiger partial charge is 0.229 e. The molecule has 0 radical (unpaired) electrons. The second kappa shape index (κ2) is 6.12. The third-order valence-corrected chi connectivity index (χ3v) is 4.47. The molecule has 3 rings (SSSR count). The summed E-state index contributed by atoms with van der Waals surface area (Å²) in [4.78, 5) is 17.4. The van der Waals surface area contributed by atoms with Crippen LogP contribution in [-0.4, -0.2) is 40.5 Å². The van der Waals surface area contributed by atoms with Crippen molar-refractivity contribution in [1.29, 1.82) is 0 Å². The number of anilines is 2. The van der Waals surface area contributed by atoms with Crippen LogP contribution >= 0.6 is 0 Å². The van der Waals surface area contributed by atoms with Gasteiger partial charge >= 0.3 is 0 Å². The topological polar surface area (TPSA) is 71.2 Å². The summed E-state index contributed by atoms with van der Waals surface area (Å²) < 4.78 is 0. The van der Waals surface area contributed by atoms with Gasteiger partial charge in [-0.15, -0.1) is 0 Å². The maximum absolute atomic E-state index is 5.86. The van der Waals surface area contributed by atoms with E-state index in [-0.39, 0.29) is 12.0 Å². The first-order valence-electron chi connectivity index (χ1n) is 7.97. The van der Waals surface area contributed by atoms with Crippen molar-refractivity contribution in [3.05, 3.63) is 41.7 Å². The van der Waals surface area contributed by atoms with E-state index >= 15 is 0 Å². The zero-order valence-electron chi connectivity index (χ0n) is 14.1. The summed E-state index contributed by atoms with van der Waals surface area (Å²) in [6, 6.07) is 11.1. The number of hydrogen-bond acceptors (Lipinski definition) is 6. The quantitative estimate of drug-likeness (QED) is 0.934. The molecule has 1 aliphatic heterocycles. The van der Waals surface area contributed by atoms with Gasteiger partial charge in [0.05, 0.1) is 6.04 Å².